The number of rotatable bonds is 0. The molecule has 0 amide bonds. The molecule has 30 valence electrons. The van der Waals surface area contributed by atoms with Crippen molar-refractivity contribution in [3.63, 3.8) is 0 Å². The summed E-state index contributed by atoms with van der Waals surface area (Å²) in [5.41, 5.74) is 0. The third-order valence-electron chi connectivity index (χ3n) is 0.331. The second kappa shape index (κ2) is 1.45. The highest BCUT2D eigenvalue weighted by Gasteiger charge is 1.59. The topological polar surface area (TPSA) is 38.7 Å². The van der Waals surface area contributed by atoms with Gasteiger partial charge in [-0.05, 0) is 0 Å². The summed E-state index contributed by atoms with van der Waals surface area (Å²) < 4.78 is 13.5. The van der Waals surface area contributed by atoms with Gasteiger partial charge in [-0.1, -0.05) is 0 Å². The van der Waals surface area contributed by atoms with Gasteiger partial charge in [0.15, 0.2) is 0 Å². The average Bonchev–Trinajstić information content (AvgIpc) is 1.64. The Labute approximate surface area is 37.9 Å². The lowest BCUT2D eigenvalue weighted by Gasteiger charge is -1.69. The number of hydrogen-bond donors (Lipinski definition) is 0. The van der Waals surface area contributed by atoms with Crippen LogP contribution in [0.25, 0.3) is 0 Å². The molecule has 3 heteroatoms. The van der Waals surface area contributed by atoms with Gasteiger partial charge in [0.2, 0.25) is 0 Å². The number of hydrogen-bond acceptors (Lipinski definition) is 3. The zero-order valence-electron chi connectivity index (χ0n) is 4.92. The summed E-state index contributed by atoms with van der Waals surface area (Å²) in [7, 11) is 0. The van der Waals surface area contributed by atoms with Crippen LogP contribution in [-0.2, 0) is 0 Å². The molecule has 0 aliphatic carbocycles. The van der Waals surface area contributed by atoms with Gasteiger partial charge in [0, 0.05) is 0 Å². The molecule has 1 aromatic rings. The summed E-state index contributed by atoms with van der Waals surface area (Å²) in [4.78, 5) is 10.0. The summed E-state index contributed by atoms with van der Waals surface area (Å²) in [6, 6.07) is 0. The molecule has 0 N–H and O–H groups in total. The Morgan fingerprint density at radius 1 is 1.17 bits per heavy atom. The van der Waals surface area contributed by atoms with E-state index < -0.39 is 0 Å². The van der Waals surface area contributed by atoms with Gasteiger partial charge in [-0.2, -0.15) is 0 Å². The predicted molar refractivity (Wildman–Crippen MR) is 19.8 cm³/mol. The molecule has 0 aromatic carbocycles. The molecule has 1 rings (SSSR count). The maximum atomic E-state index is 6.75. The van der Waals surface area contributed by atoms with E-state index in [9.17, 15) is 0 Å². The van der Waals surface area contributed by atoms with Crippen molar-refractivity contribution in [2.45, 2.75) is 0 Å². The molecular weight excluding hydrogens is 78.1 g/mol. The van der Waals surface area contributed by atoms with Crippen LogP contribution in [0.2, 0.25) is 0 Å². The van der Waals surface area contributed by atoms with Gasteiger partial charge < -0.3 is 0 Å². The van der Waals surface area contributed by atoms with E-state index in [2.05, 4.69) is 15.0 Å². The molecule has 3 nitrogen and oxygen atoms in total. The molecule has 0 aliphatic heterocycles. The second-order valence-electron chi connectivity index (χ2n) is 0.685. The molecule has 0 saturated carbocycles. The Bertz CT molecular complexity index is 172. The highest BCUT2D eigenvalue weighted by molar-refractivity contribution is 4.51. The van der Waals surface area contributed by atoms with E-state index in [0.29, 0.717) is 0 Å². The quantitative estimate of drug-likeness (QED) is 0.438. The molecular formula is C3H3N3. The highest BCUT2D eigenvalue weighted by atomic mass is 14.9. The van der Waals surface area contributed by atoms with Crippen molar-refractivity contribution in [3.05, 3.63) is 18.9 Å². The van der Waals surface area contributed by atoms with Gasteiger partial charge >= 0.3 is 0 Å². The molecule has 0 unspecified atom stereocenters. The van der Waals surface area contributed by atoms with Gasteiger partial charge in [0.1, 0.15) is 21.7 Å². The fourth-order valence-electron chi connectivity index (χ4n) is 0.161. The van der Waals surface area contributed by atoms with Crippen LogP contribution in [0.1, 0.15) is 2.74 Å². The Morgan fingerprint density at radius 3 is 2.17 bits per heavy atom. The minimum atomic E-state index is -0.162. The first-order valence-corrected chi connectivity index (χ1v) is 1.41. The lowest BCUT2D eigenvalue weighted by atomic mass is 11.1. The summed E-state index contributed by atoms with van der Waals surface area (Å²) in [5, 5.41) is 0. The molecule has 6 heavy (non-hydrogen) atoms. The van der Waals surface area contributed by atoms with E-state index in [0.717, 1.165) is 6.33 Å². The Morgan fingerprint density at radius 2 is 1.83 bits per heavy atom. The van der Waals surface area contributed by atoms with E-state index in [1.165, 1.54) is 0 Å². The lowest BCUT2D eigenvalue weighted by molar-refractivity contribution is 1.05. The largest absolute Gasteiger partial charge is 0.225 e. The molecule has 0 saturated heterocycles. The Balaban J connectivity index is 3.08. The third kappa shape index (κ3) is 0.484. The van der Waals surface area contributed by atoms with Gasteiger partial charge in [0.25, 0.3) is 0 Å². The van der Waals surface area contributed by atoms with Crippen LogP contribution in [0.3, 0.4) is 0 Å². The van der Waals surface area contributed by atoms with Gasteiger partial charge in [-0.15, -0.1) is 0 Å². The fourth-order valence-corrected chi connectivity index (χ4v) is 0.161. The molecule has 1 aromatic heterocycles. The maximum Gasteiger partial charge on any atom is 0.119 e. The van der Waals surface area contributed by atoms with E-state index >= 15 is 0 Å². The summed E-state index contributed by atoms with van der Waals surface area (Å²) in [5.74, 6) is 0. The zero-order valence-corrected chi connectivity index (χ0v) is 2.92. The fraction of sp³-hybridized carbons (Fsp3) is 0. The molecule has 0 radical (unpaired) electrons. The van der Waals surface area contributed by atoms with Crippen molar-refractivity contribution in [2.24, 2.45) is 0 Å². The van der Waals surface area contributed by atoms with Crippen LogP contribution >= 0.6 is 0 Å². The molecule has 0 aliphatic rings. The van der Waals surface area contributed by atoms with Crippen LogP contribution < -0.4 is 0 Å². The van der Waals surface area contributed by atoms with Crippen LogP contribution in [-0.4, -0.2) is 15.0 Å². The number of aromatic nitrogens is 3. The van der Waals surface area contributed by atoms with Crippen molar-refractivity contribution < 1.29 is 2.74 Å². The minimum Gasteiger partial charge on any atom is -0.225 e. The van der Waals surface area contributed by atoms with Crippen LogP contribution in [0.15, 0.2) is 18.9 Å². The highest BCUT2D eigenvalue weighted by Crippen LogP contribution is 1.57. The van der Waals surface area contributed by atoms with Crippen molar-refractivity contribution in [1.82, 2.24) is 15.0 Å². The Hall–Kier alpha value is -0.990. The predicted octanol–water partition coefficient (Wildman–Crippen LogP) is -0.128. The summed E-state index contributed by atoms with van der Waals surface area (Å²) in [6.45, 7) is 0. The summed E-state index contributed by atoms with van der Waals surface area (Å²) >= 11 is 0. The van der Waals surface area contributed by atoms with Crippen molar-refractivity contribution in [2.75, 3.05) is 0 Å². The number of nitrogens with zero attached hydrogens (tertiary/aromatic N) is 3. The van der Waals surface area contributed by atoms with Crippen LogP contribution in [0, 0.1) is 0 Å². The van der Waals surface area contributed by atoms with Gasteiger partial charge in [-0.25, -0.2) is 15.0 Å². The smallest absolute Gasteiger partial charge is 0.119 e. The van der Waals surface area contributed by atoms with Crippen LogP contribution in [0.4, 0.5) is 0 Å². The third-order valence-corrected chi connectivity index (χ3v) is 0.331. The van der Waals surface area contributed by atoms with Gasteiger partial charge in [0.05, 0.1) is 0 Å². The Kier molecular flexibility index (Phi) is 0.395. The minimum absolute atomic E-state index is 0.162. The first-order valence-electron chi connectivity index (χ1n) is 2.41. The maximum absolute atomic E-state index is 6.75. The van der Waals surface area contributed by atoms with Crippen LogP contribution in [0.5, 0.6) is 0 Å². The first-order chi connectivity index (χ1) is 3.79. The first kappa shape index (κ1) is 1.64. The standard InChI is InChI=1S/C3H3N3/c1-4-2-6-3-5-1/h1-3H/i1D,2D. The van der Waals surface area contributed by atoms with E-state index in [1.54, 1.807) is 0 Å². The van der Waals surface area contributed by atoms with Crippen molar-refractivity contribution >= 4 is 0 Å². The summed E-state index contributed by atoms with van der Waals surface area (Å²) in [6.07, 6.45) is 0.813. The van der Waals surface area contributed by atoms with Gasteiger partial charge in [-0.3, -0.25) is 0 Å². The van der Waals surface area contributed by atoms with Crippen molar-refractivity contribution in [1.29, 1.82) is 0 Å². The SMILES string of the molecule is [2H]c1ncnc([2H])n1. The molecule has 0 bridgehead atoms. The van der Waals surface area contributed by atoms with E-state index in [-0.39, 0.29) is 12.6 Å². The molecule has 0 fully saturated rings. The molecule has 1 heterocycles. The second-order valence-corrected chi connectivity index (χ2v) is 0.685. The monoisotopic (exact) mass is 83.0 g/mol. The molecule has 0 spiro atoms. The lowest BCUT2D eigenvalue weighted by Crippen LogP contribution is -1.73. The van der Waals surface area contributed by atoms with Crippen molar-refractivity contribution in [3.8, 4) is 0 Å². The van der Waals surface area contributed by atoms with E-state index in [1.807, 2.05) is 0 Å². The average molecular weight is 83.1 g/mol. The zero-order chi connectivity index (χ0) is 5.98. The normalized spacial score (nSPS) is 12.7. The van der Waals surface area contributed by atoms with E-state index in [4.69, 9.17) is 2.74 Å². The molecule has 0 atom stereocenters.